The molecule has 5 aromatic carbocycles. The molecule has 0 aliphatic rings. The van der Waals surface area contributed by atoms with E-state index in [1.165, 1.54) is 0 Å². The maximum absolute atomic E-state index is 6.53. The Labute approximate surface area is 253 Å². The molecule has 0 bridgehead atoms. The van der Waals surface area contributed by atoms with Crippen LogP contribution in [0.5, 0.6) is 0 Å². The molecule has 0 N–H and O–H groups in total. The quantitative estimate of drug-likeness (QED) is 0.206. The minimum atomic E-state index is 0.582. The van der Waals surface area contributed by atoms with Crippen molar-refractivity contribution >= 4 is 33.8 Å². The zero-order valence-electron chi connectivity index (χ0n) is 23.0. The van der Waals surface area contributed by atoms with Gasteiger partial charge in [0.2, 0.25) is 0 Å². The van der Waals surface area contributed by atoms with Crippen LogP contribution in [-0.2, 0) is 0 Å². The fraction of sp³-hybridized carbons (Fsp3) is 0. The van der Waals surface area contributed by atoms with Gasteiger partial charge in [0.25, 0.3) is 0 Å². The van der Waals surface area contributed by atoms with E-state index in [1.54, 1.807) is 12.3 Å². The van der Waals surface area contributed by atoms with E-state index in [0.717, 1.165) is 62.0 Å². The normalized spacial score (nSPS) is 11.4. The van der Waals surface area contributed by atoms with Crippen LogP contribution in [0.3, 0.4) is 0 Å². The summed E-state index contributed by atoms with van der Waals surface area (Å²) in [6.45, 7) is 0. The van der Waals surface area contributed by atoms with Crippen LogP contribution >= 0.6 is 11.6 Å². The second kappa shape index (κ2) is 10.4. The van der Waals surface area contributed by atoms with Crippen molar-refractivity contribution in [3.63, 3.8) is 0 Å². The maximum atomic E-state index is 6.53. The Morgan fingerprint density at radius 3 is 1.77 bits per heavy atom. The number of pyridine rings is 1. The van der Waals surface area contributed by atoms with Crippen molar-refractivity contribution < 1.29 is 0 Å². The highest BCUT2D eigenvalue weighted by Crippen LogP contribution is 2.33. The Balaban J connectivity index is 1.17. The molecule has 8 aromatic rings. The molecule has 0 radical (unpaired) electrons. The van der Waals surface area contributed by atoms with Gasteiger partial charge in [-0.05, 0) is 53.6 Å². The molecule has 0 unspecified atom stereocenters. The largest absolute Gasteiger partial charge is 0.292 e. The zero-order chi connectivity index (χ0) is 28.8. The van der Waals surface area contributed by atoms with Gasteiger partial charge in [0.1, 0.15) is 17.2 Å². The number of benzene rings is 5. The predicted molar refractivity (Wildman–Crippen MR) is 175 cm³/mol. The van der Waals surface area contributed by atoms with Gasteiger partial charge in [-0.25, -0.2) is 15.0 Å². The van der Waals surface area contributed by atoms with Crippen molar-refractivity contribution in [3.8, 4) is 45.3 Å². The molecule has 0 atom stereocenters. The second-order valence-electron chi connectivity index (χ2n) is 10.3. The van der Waals surface area contributed by atoms with E-state index in [9.17, 15) is 0 Å². The van der Waals surface area contributed by atoms with Crippen molar-refractivity contribution in [2.75, 3.05) is 0 Å². The third-order valence-electron chi connectivity index (χ3n) is 7.71. The molecule has 8 rings (SSSR count). The third-order valence-corrected chi connectivity index (χ3v) is 8.01. The molecular formula is C37H24ClN5. The highest BCUT2D eigenvalue weighted by Gasteiger charge is 2.18. The lowest BCUT2D eigenvalue weighted by Gasteiger charge is -2.12. The maximum Gasteiger partial charge on any atom is 0.166 e. The Bertz CT molecular complexity index is 2220. The summed E-state index contributed by atoms with van der Waals surface area (Å²) in [4.78, 5) is 14.5. The van der Waals surface area contributed by atoms with E-state index in [0.29, 0.717) is 10.5 Å². The first kappa shape index (κ1) is 25.2. The summed E-state index contributed by atoms with van der Waals surface area (Å²) in [5.74, 6) is 1.72. The van der Waals surface area contributed by atoms with Gasteiger partial charge in [-0.3, -0.25) is 9.13 Å². The molecule has 5 nitrogen and oxygen atoms in total. The van der Waals surface area contributed by atoms with Crippen LogP contribution in [0.25, 0.3) is 67.5 Å². The first-order valence-electron chi connectivity index (χ1n) is 14.1. The summed E-state index contributed by atoms with van der Waals surface area (Å²) in [7, 11) is 0. The van der Waals surface area contributed by atoms with Gasteiger partial charge >= 0.3 is 0 Å². The molecular weight excluding hydrogens is 550 g/mol. The number of para-hydroxylation sites is 3. The Morgan fingerprint density at radius 1 is 0.465 bits per heavy atom. The summed E-state index contributed by atoms with van der Waals surface area (Å²) >= 11 is 6.53. The smallest absolute Gasteiger partial charge is 0.166 e. The first-order chi connectivity index (χ1) is 21.2. The van der Waals surface area contributed by atoms with E-state index in [4.69, 9.17) is 21.6 Å². The molecule has 0 aliphatic heterocycles. The minimum absolute atomic E-state index is 0.582. The van der Waals surface area contributed by atoms with Crippen LogP contribution in [0.15, 0.2) is 146 Å². The topological polar surface area (TPSA) is 48.5 Å². The molecule has 0 fully saturated rings. The predicted octanol–water partition coefficient (Wildman–Crippen LogP) is 9.41. The zero-order valence-corrected chi connectivity index (χ0v) is 23.7. The highest BCUT2D eigenvalue weighted by atomic mass is 35.5. The second-order valence-corrected chi connectivity index (χ2v) is 10.7. The van der Waals surface area contributed by atoms with Crippen LogP contribution in [0.2, 0.25) is 5.02 Å². The van der Waals surface area contributed by atoms with Gasteiger partial charge in [-0.15, -0.1) is 0 Å². The van der Waals surface area contributed by atoms with Crippen LogP contribution in [0.1, 0.15) is 0 Å². The number of aromatic nitrogens is 5. The lowest BCUT2D eigenvalue weighted by molar-refractivity contribution is 1.08. The van der Waals surface area contributed by atoms with Gasteiger partial charge in [0, 0.05) is 28.7 Å². The number of imidazole rings is 2. The number of hydrogen-bond donors (Lipinski definition) is 0. The van der Waals surface area contributed by atoms with Crippen molar-refractivity contribution in [2.45, 2.75) is 0 Å². The summed E-state index contributed by atoms with van der Waals surface area (Å²) in [6.07, 6.45) is 1.72. The molecule has 204 valence electrons. The van der Waals surface area contributed by atoms with E-state index >= 15 is 0 Å². The van der Waals surface area contributed by atoms with Gasteiger partial charge in [0.15, 0.2) is 5.65 Å². The Hall–Kier alpha value is -5.52. The summed E-state index contributed by atoms with van der Waals surface area (Å²) in [5, 5.41) is 0.582. The highest BCUT2D eigenvalue weighted by molar-refractivity contribution is 6.34. The van der Waals surface area contributed by atoms with Crippen LogP contribution < -0.4 is 0 Å². The average Bonchev–Trinajstić information content (AvgIpc) is 3.66. The van der Waals surface area contributed by atoms with Gasteiger partial charge in [0.05, 0.1) is 16.1 Å². The van der Waals surface area contributed by atoms with Crippen molar-refractivity contribution in [3.05, 3.63) is 151 Å². The number of hydrogen-bond acceptors (Lipinski definition) is 3. The summed E-state index contributed by atoms with van der Waals surface area (Å²) in [5.41, 5.74) is 9.82. The van der Waals surface area contributed by atoms with Crippen LogP contribution in [0, 0.1) is 0 Å². The molecule has 43 heavy (non-hydrogen) atoms. The van der Waals surface area contributed by atoms with Gasteiger partial charge in [-0.1, -0.05) is 109 Å². The minimum Gasteiger partial charge on any atom is -0.292 e. The summed E-state index contributed by atoms with van der Waals surface area (Å²) in [6, 6.07) is 47.6. The van der Waals surface area contributed by atoms with E-state index in [1.807, 2.05) is 42.5 Å². The molecule has 0 saturated carbocycles. The fourth-order valence-corrected chi connectivity index (χ4v) is 5.82. The van der Waals surface area contributed by atoms with Crippen LogP contribution in [0.4, 0.5) is 0 Å². The van der Waals surface area contributed by atoms with E-state index in [2.05, 4.69) is 105 Å². The molecule has 3 aromatic heterocycles. The van der Waals surface area contributed by atoms with E-state index in [-0.39, 0.29) is 0 Å². The first-order valence-corrected chi connectivity index (χ1v) is 14.4. The van der Waals surface area contributed by atoms with Crippen molar-refractivity contribution in [2.24, 2.45) is 0 Å². The molecule has 3 heterocycles. The molecule has 0 aliphatic carbocycles. The number of halogens is 1. The summed E-state index contributed by atoms with van der Waals surface area (Å²) < 4.78 is 4.29. The Kier molecular flexibility index (Phi) is 6.09. The lowest BCUT2D eigenvalue weighted by Crippen LogP contribution is -1.98. The molecule has 0 saturated heterocycles. The number of nitrogens with zero attached hydrogens (tertiary/aromatic N) is 5. The number of fused-ring (bicyclic) bond motifs is 2. The standard InChI is InChI=1S/C37H24ClN5/c38-31-23-24-39-37-34(31)41-36(43(37)29-11-5-2-6-12-29)28-17-15-25(16-18-28)26-19-21-30(22-20-26)42-33-14-8-7-13-32(33)40-35(42)27-9-3-1-4-10-27/h1-24H. The van der Waals surface area contributed by atoms with Gasteiger partial charge < -0.3 is 0 Å². The van der Waals surface area contributed by atoms with Crippen molar-refractivity contribution in [1.82, 2.24) is 24.1 Å². The monoisotopic (exact) mass is 573 g/mol. The van der Waals surface area contributed by atoms with Crippen molar-refractivity contribution in [1.29, 1.82) is 0 Å². The lowest BCUT2D eigenvalue weighted by atomic mass is 10.0. The van der Waals surface area contributed by atoms with E-state index < -0.39 is 0 Å². The molecule has 0 spiro atoms. The third kappa shape index (κ3) is 4.38. The molecule has 0 amide bonds. The van der Waals surface area contributed by atoms with Gasteiger partial charge in [-0.2, -0.15) is 0 Å². The average molecular weight is 574 g/mol. The fourth-order valence-electron chi connectivity index (χ4n) is 5.64. The molecule has 6 heteroatoms. The Morgan fingerprint density at radius 2 is 1.02 bits per heavy atom. The SMILES string of the molecule is Clc1ccnc2c1nc(-c1ccc(-c3ccc(-n4c(-c5ccccc5)nc5ccccc54)cc3)cc1)n2-c1ccccc1. The number of rotatable bonds is 5. The van der Waals surface area contributed by atoms with Crippen LogP contribution in [-0.4, -0.2) is 24.1 Å².